The molecule has 0 radical (unpaired) electrons. The van der Waals surface area contributed by atoms with Crippen molar-refractivity contribution in [2.75, 3.05) is 18.6 Å². The normalized spacial score (nSPS) is 13.4. The highest BCUT2D eigenvalue weighted by Gasteiger charge is 2.37. The topological polar surface area (TPSA) is 73.6 Å². The Bertz CT molecular complexity index is 903. The summed E-state index contributed by atoms with van der Waals surface area (Å²) in [6.07, 6.45) is -4.78. The lowest BCUT2D eigenvalue weighted by Crippen LogP contribution is -2.49. The number of carbonyl (C=O) groups excluding carboxylic acids is 1. The van der Waals surface area contributed by atoms with Gasteiger partial charge in [-0.2, -0.15) is 18.4 Å². The zero-order valence-corrected chi connectivity index (χ0v) is 14.9. The van der Waals surface area contributed by atoms with Gasteiger partial charge in [-0.15, -0.1) is 0 Å². The third-order valence-electron chi connectivity index (χ3n) is 3.92. The summed E-state index contributed by atoms with van der Waals surface area (Å²) in [6, 6.07) is 9.10. The van der Waals surface area contributed by atoms with Crippen LogP contribution in [0.1, 0.15) is 18.1 Å². The van der Waals surface area contributed by atoms with Gasteiger partial charge in [-0.05, 0) is 49.4 Å². The molecule has 0 aromatic heterocycles. The van der Waals surface area contributed by atoms with Gasteiger partial charge in [0.2, 0.25) is 0 Å². The van der Waals surface area contributed by atoms with Gasteiger partial charge in [-0.3, -0.25) is 4.79 Å². The minimum Gasteiger partial charge on any atom is -0.490 e. The van der Waals surface area contributed by atoms with Gasteiger partial charge < -0.3 is 14.7 Å². The molecule has 0 heterocycles. The fraction of sp³-hybridized carbons (Fsp3) is 0.263. The average Bonchev–Trinajstić information content (AvgIpc) is 2.65. The molecule has 2 rings (SSSR count). The Labute approximate surface area is 158 Å². The average molecular weight is 396 g/mol. The van der Waals surface area contributed by atoms with E-state index in [4.69, 9.17) is 10.00 Å². The number of anilines is 1. The largest absolute Gasteiger partial charge is 0.490 e. The third kappa shape index (κ3) is 4.78. The van der Waals surface area contributed by atoms with Crippen molar-refractivity contribution in [1.82, 2.24) is 0 Å². The Morgan fingerprint density at radius 3 is 2.36 bits per heavy atom. The Morgan fingerprint density at radius 1 is 1.21 bits per heavy atom. The highest BCUT2D eigenvalue weighted by molar-refractivity contribution is 5.98. The Hall–Kier alpha value is -3.12. The number of rotatable bonds is 5. The molecule has 0 aliphatic rings. The minimum atomic E-state index is -4.78. The van der Waals surface area contributed by atoms with E-state index in [1.54, 1.807) is 0 Å². The van der Waals surface area contributed by atoms with E-state index in [1.807, 2.05) is 0 Å². The Morgan fingerprint density at radius 2 is 1.82 bits per heavy atom. The molecule has 2 aromatic rings. The zero-order valence-electron chi connectivity index (χ0n) is 14.9. The van der Waals surface area contributed by atoms with E-state index in [0.29, 0.717) is 6.07 Å². The fourth-order valence-electron chi connectivity index (χ4n) is 2.37. The zero-order chi connectivity index (χ0) is 21.1. The van der Waals surface area contributed by atoms with Crippen LogP contribution in [0.3, 0.4) is 0 Å². The van der Waals surface area contributed by atoms with E-state index < -0.39 is 41.2 Å². The first-order chi connectivity index (χ1) is 13.0. The molecule has 5 nitrogen and oxygen atoms in total. The highest BCUT2D eigenvalue weighted by atomic mass is 19.4. The smallest absolute Gasteiger partial charge is 0.417 e. The molecule has 0 bridgehead atoms. The number of hydrogen-bond donors (Lipinski definition) is 1. The van der Waals surface area contributed by atoms with E-state index in [1.165, 1.54) is 31.3 Å². The van der Waals surface area contributed by atoms with Crippen LogP contribution in [0.2, 0.25) is 0 Å². The lowest BCUT2D eigenvalue weighted by Gasteiger charge is -2.28. The predicted octanol–water partition coefficient (Wildman–Crippen LogP) is 3.51. The Balaban J connectivity index is 2.20. The maximum Gasteiger partial charge on any atom is 0.417 e. The number of nitrogens with zero attached hydrogens (tertiary/aromatic N) is 2. The fourth-order valence-corrected chi connectivity index (χ4v) is 2.37. The number of benzene rings is 2. The third-order valence-corrected chi connectivity index (χ3v) is 3.92. The SMILES string of the molecule is CN(C(=O)[C@@](C)(O)COc1ccc(F)cc1)c1ccc(C#N)c(C(F)(F)F)c1. The number of carbonyl (C=O) groups is 1. The number of alkyl halides is 3. The van der Waals surface area contributed by atoms with Gasteiger partial charge in [0.05, 0.1) is 17.2 Å². The van der Waals surface area contributed by atoms with Gasteiger partial charge in [0.15, 0.2) is 5.60 Å². The van der Waals surface area contributed by atoms with E-state index in [9.17, 15) is 27.5 Å². The molecule has 1 atom stereocenters. The van der Waals surface area contributed by atoms with E-state index in [2.05, 4.69) is 0 Å². The summed E-state index contributed by atoms with van der Waals surface area (Å²) < 4.78 is 57.4. The van der Waals surface area contributed by atoms with Gasteiger partial charge in [0.25, 0.3) is 5.91 Å². The second-order valence-electron chi connectivity index (χ2n) is 6.22. The summed E-state index contributed by atoms with van der Waals surface area (Å²) in [7, 11) is 1.19. The van der Waals surface area contributed by atoms with E-state index >= 15 is 0 Å². The molecule has 1 N–H and O–H groups in total. The second kappa shape index (κ2) is 7.86. The molecule has 1 amide bonds. The van der Waals surface area contributed by atoms with Crippen molar-refractivity contribution in [3.63, 3.8) is 0 Å². The van der Waals surface area contributed by atoms with Gasteiger partial charge in [0, 0.05) is 12.7 Å². The minimum absolute atomic E-state index is 0.154. The van der Waals surface area contributed by atoms with Gasteiger partial charge in [-0.25, -0.2) is 4.39 Å². The summed E-state index contributed by atoms with van der Waals surface area (Å²) in [4.78, 5) is 13.4. The van der Waals surface area contributed by atoms with Crippen LogP contribution < -0.4 is 9.64 Å². The summed E-state index contributed by atoms with van der Waals surface area (Å²) in [5.41, 5.74) is -3.99. The lowest BCUT2D eigenvalue weighted by atomic mass is 10.0. The standard InChI is InChI=1S/C19H16F4N2O3/c1-18(27,11-28-15-7-4-13(20)5-8-15)17(26)25(2)14-6-3-12(10-24)16(9-14)19(21,22)23/h3-9,27H,11H2,1-2H3/t18-/m0/s1. The van der Waals surface area contributed by atoms with Crippen LogP contribution in [0.15, 0.2) is 42.5 Å². The molecule has 0 unspecified atom stereocenters. The van der Waals surface area contributed by atoms with Crippen molar-refractivity contribution >= 4 is 11.6 Å². The maximum absolute atomic E-state index is 13.1. The van der Waals surface area contributed by atoms with Crippen molar-refractivity contribution in [3.8, 4) is 11.8 Å². The van der Waals surface area contributed by atoms with Crippen LogP contribution in [-0.2, 0) is 11.0 Å². The molecule has 0 spiro atoms. The summed E-state index contributed by atoms with van der Waals surface area (Å²) in [5, 5.41) is 19.2. The van der Waals surface area contributed by atoms with Crippen molar-refractivity contribution in [2.45, 2.75) is 18.7 Å². The molecule has 2 aromatic carbocycles. The number of halogens is 4. The molecule has 148 valence electrons. The van der Waals surface area contributed by atoms with Crippen LogP contribution in [0, 0.1) is 17.1 Å². The molecule has 0 fully saturated rings. The number of likely N-dealkylation sites (N-methyl/N-ethyl adjacent to an activating group) is 1. The first kappa shape index (κ1) is 21.2. The van der Waals surface area contributed by atoms with Crippen LogP contribution in [0.25, 0.3) is 0 Å². The molecule has 0 aliphatic heterocycles. The van der Waals surface area contributed by atoms with E-state index in [-0.39, 0.29) is 11.4 Å². The van der Waals surface area contributed by atoms with Crippen LogP contribution in [0.5, 0.6) is 5.75 Å². The molecule has 28 heavy (non-hydrogen) atoms. The van der Waals surface area contributed by atoms with Crippen molar-refractivity contribution in [2.24, 2.45) is 0 Å². The van der Waals surface area contributed by atoms with Crippen molar-refractivity contribution in [3.05, 3.63) is 59.4 Å². The number of amides is 1. The first-order valence-corrected chi connectivity index (χ1v) is 7.96. The van der Waals surface area contributed by atoms with Gasteiger partial charge in [0.1, 0.15) is 18.2 Å². The van der Waals surface area contributed by atoms with Gasteiger partial charge >= 0.3 is 6.18 Å². The molecular formula is C19H16F4N2O3. The monoisotopic (exact) mass is 396 g/mol. The molecular weight excluding hydrogens is 380 g/mol. The maximum atomic E-state index is 13.1. The number of nitriles is 1. The van der Waals surface area contributed by atoms with Crippen LogP contribution in [-0.4, -0.2) is 30.3 Å². The van der Waals surface area contributed by atoms with Crippen LogP contribution in [0.4, 0.5) is 23.2 Å². The molecule has 0 saturated heterocycles. The number of hydrogen-bond acceptors (Lipinski definition) is 4. The highest BCUT2D eigenvalue weighted by Crippen LogP contribution is 2.34. The second-order valence-corrected chi connectivity index (χ2v) is 6.22. The predicted molar refractivity (Wildman–Crippen MR) is 92.1 cm³/mol. The van der Waals surface area contributed by atoms with E-state index in [0.717, 1.165) is 30.0 Å². The quantitative estimate of drug-likeness (QED) is 0.785. The van der Waals surface area contributed by atoms with Crippen LogP contribution >= 0.6 is 0 Å². The van der Waals surface area contributed by atoms with Crippen molar-refractivity contribution < 1.29 is 32.2 Å². The summed E-state index contributed by atoms with van der Waals surface area (Å²) in [6.45, 7) is 0.633. The summed E-state index contributed by atoms with van der Waals surface area (Å²) >= 11 is 0. The lowest BCUT2D eigenvalue weighted by molar-refractivity contribution is -0.139. The number of ether oxygens (including phenoxy) is 1. The first-order valence-electron chi connectivity index (χ1n) is 7.96. The number of aliphatic hydroxyl groups is 1. The summed E-state index contributed by atoms with van der Waals surface area (Å²) in [5.74, 6) is -1.21. The molecule has 0 aliphatic carbocycles. The molecule has 0 saturated carbocycles. The van der Waals surface area contributed by atoms with Crippen molar-refractivity contribution in [1.29, 1.82) is 5.26 Å². The molecule has 9 heteroatoms. The Kier molecular flexibility index (Phi) is 5.95. The van der Waals surface area contributed by atoms with Gasteiger partial charge in [-0.1, -0.05) is 0 Å².